The Balaban J connectivity index is 1.80. The molecule has 3 N–H and O–H groups in total. The molecule has 31 heavy (non-hydrogen) atoms. The Kier molecular flexibility index (Phi) is 4.71. The molecular weight excluding hydrogens is 418 g/mol. The highest BCUT2D eigenvalue weighted by Crippen LogP contribution is 2.48. The van der Waals surface area contributed by atoms with E-state index in [1.807, 2.05) is 43.4 Å². The Labute approximate surface area is 183 Å². The van der Waals surface area contributed by atoms with Crippen molar-refractivity contribution in [2.75, 3.05) is 27.5 Å². The fourth-order valence-corrected chi connectivity index (χ4v) is 4.82. The van der Waals surface area contributed by atoms with Crippen LogP contribution in [0, 0.1) is 4.77 Å². The third-order valence-corrected chi connectivity index (χ3v) is 6.23. The highest BCUT2D eigenvalue weighted by atomic mass is 32.1. The summed E-state index contributed by atoms with van der Waals surface area (Å²) in [4.78, 5) is 16.9. The minimum Gasteiger partial charge on any atom is -0.494 e. The van der Waals surface area contributed by atoms with Crippen LogP contribution in [0.25, 0.3) is 5.69 Å². The first-order chi connectivity index (χ1) is 15.0. The van der Waals surface area contributed by atoms with Crippen molar-refractivity contribution >= 4 is 12.2 Å². The van der Waals surface area contributed by atoms with E-state index in [0.717, 1.165) is 29.0 Å². The van der Waals surface area contributed by atoms with Gasteiger partial charge in [-0.05, 0) is 36.0 Å². The van der Waals surface area contributed by atoms with E-state index >= 15 is 0 Å². The molecule has 2 aliphatic rings. The molecule has 0 saturated heterocycles. The van der Waals surface area contributed by atoms with Crippen LogP contribution in [-0.4, -0.2) is 42.2 Å². The normalized spacial score (nSPS) is 19.2. The zero-order chi connectivity index (χ0) is 21.7. The molecule has 160 valence electrons. The van der Waals surface area contributed by atoms with Gasteiger partial charge in [-0.1, -0.05) is 18.2 Å². The standard InChI is InChI=1S/C22H21N3O5S/c1-24-9-8-12-10-14-18(30-11-29-14)19(28-2)15(12)17(24)16-20(26)23-22(31)25(21(16)27)13-6-4-3-5-7-13/h3-7,10,17,27H,8-9,11H2,1-2H3,(H,23,26,31)/p+1/t17-/m1/s1. The molecule has 0 aliphatic carbocycles. The molecule has 0 bridgehead atoms. The molecule has 3 heterocycles. The van der Waals surface area contributed by atoms with Crippen LogP contribution in [0.5, 0.6) is 23.1 Å². The summed E-state index contributed by atoms with van der Waals surface area (Å²) in [6.07, 6.45) is 0.779. The van der Waals surface area contributed by atoms with Gasteiger partial charge in [0.15, 0.2) is 22.3 Å². The number of aromatic amines is 1. The number of aromatic nitrogens is 2. The number of hydrogen-bond donors (Lipinski definition) is 3. The lowest BCUT2D eigenvalue weighted by atomic mass is 9.87. The second-order valence-corrected chi connectivity index (χ2v) is 8.05. The van der Waals surface area contributed by atoms with Gasteiger partial charge in [-0.15, -0.1) is 0 Å². The molecule has 0 amide bonds. The molecule has 1 aromatic heterocycles. The molecule has 1 unspecified atom stereocenters. The van der Waals surface area contributed by atoms with Crippen molar-refractivity contribution < 1.29 is 24.2 Å². The van der Waals surface area contributed by atoms with E-state index in [0.29, 0.717) is 22.9 Å². The van der Waals surface area contributed by atoms with E-state index in [1.165, 1.54) is 4.57 Å². The summed E-state index contributed by atoms with van der Waals surface area (Å²) in [5.41, 5.74) is 2.28. The SMILES string of the molecule is COc1c2c(cc3c1[C@H](c1c(O)n(-c4ccccc4)c(=S)[nH]c1=O)[NH+](C)CC3)OCO2. The molecule has 3 aromatic rings. The molecule has 2 aromatic carbocycles. The van der Waals surface area contributed by atoms with Crippen LogP contribution in [0.15, 0.2) is 41.2 Å². The van der Waals surface area contributed by atoms with Gasteiger partial charge in [0, 0.05) is 6.42 Å². The van der Waals surface area contributed by atoms with Crippen LogP contribution < -0.4 is 24.7 Å². The summed E-state index contributed by atoms with van der Waals surface area (Å²) < 4.78 is 18.6. The van der Waals surface area contributed by atoms with E-state index in [4.69, 9.17) is 26.4 Å². The molecule has 0 radical (unpaired) electrons. The van der Waals surface area contributed by atoms with Gasteiger partial charge in [0.05, 0.1) is 32.0 Å². The van der Waals surface area contributed by atoms with Crippen molar-refractivity contribution in [3.63, 3.8) is 0 Å². The first kappa shape index (κ1) is 19.7. The van der Waals surface area contributed by atoms with E-state index in [2.05, 4.69) is 4.98 Å². The van der Waals surface area contributed by atoms with Crippen molar-refractivity contribution in [1.82, 2.24) is 9.55 Å². The van der Waals surface area contributed by atoms with Crippen molar-refractivity contribution in [2.45, 2.75) is 12.5 Å². The van der Waals surface area contributed by atoms with E-state index in [9.17, 15) is 9.90 Å². The Morgan fingerprint density at radius 2 is 2.03 bits per heavy atom. The maximum absolute atomic E-state index is 13.1. The first-order valence-electron chi connectivity index (χ1n) is 9.96. The minimum absolute atomic E-state index is 0.117. The van der Waals surface area contributed by atoms with E-state index in [-0.39, 0.29) is 23.0 Å². The number of nitrogens with one attached hydrogen (secondary N) is 2. The summed E-state index contributed by atoms with van der Waals surface area (Å²) in [5.74, 6) is 1.50. The predicted molar refractivity (Wildman–Crippen MR) is 115 cm³/mol. The third kappa shape index (κ3) is 3.00. The number of likely N-dealkylation sites (N-methyl/N-ethyl adjacent to an activating group) is 1. The lowest BCUT2D eigenvalue weighted by Crippen LogP contribution is -3.10. The van der Waals surface area contributed by atoms with Crippen molar-refractivity contribution in [3.8, 4) is 28.8 Å². The molecule has 2 aliphatic heterocycles. The number of ether oxygens (including phenoxy) is 3. The summed E-state index contributed by atoms with van der Waals surface area (Å²) in [5, 5.41) is 11.3. The highest BCUT2D eigenvalue weighted by Gasteiger charge is 2.41. The number of nitrogens with zero attached hydrogens (tertiary/aromatic N) is 1. The fourth-order valence-electron chi connectivity index (χ4n) is 4.53. The highest BCUT2D eigenvalue weighted by molar-refractivity contribution is 7.71. The van der Waals surface area contributed by atoms with Gasteiger partial charge >= 0.3 is 0 Å². The van der Waals surface area contributed by atoms with Crippen LogP contribution >= 0.6 is 12.2 Å². The first-order valence-corrected chi connectivity index (χ1v) is 10.4. The Morgan fingerprint density at radius 3 is 2.77 bits per heavy atom. The zero-order valence-corrected chi connectivity index (χ0v) is 17.9. The van der Waals surface area contributed by atoms with Gasteiger partial charge < -0.3 is 24.2 Å². The quantitative estimate of drug-likeness (QED) is 0.535. The second-order valence-electron chi connectivity index (χ2n) is 7.66. The number of H-pyrrole nitrogens is 1. The average molecular weight is 441 g/mol. The van der Waals surface area contributed by atoms with Gasteiger partial charge in [0.1, 0.15) is 5.56 Å². The summed E-state index contributed by atoms with van der Waals surface area (Å²) >= 11 is 5.37. The minimum atomic E-state index is -0.484. The maximum Gasteiger partial charge on any atom is 0.265 e. The van der Waals surface area contributed by atoms with Gasteiger partial charge in [0.2, 0.25) is 18.4 Å². The Morgan fingerprint density at radius 1 is 1.26 bits per heavy atom. The maximum atomic E-state index is 13.1. The number of para-hydroxylation sites is 1. The summed E-state index contributed by atoms with van der Waals surface area (Å²) in [7, 11) is 3.56. The van der Waals surface area contributed by atoms with Crippen LogP contribution in [0.3, 0.4) is 0 Å². The number of hydrogen-bond acceptors (Lipinski definition) is 6. The number of fused-ring (bicyclic) bond motifs is 2. The zero-order valence-electron chi connectivity index (χ0n) is 17.1. The van der Waals surface area contributed by atoms with Crippen molar-refractivity contribution in [3.05, 3.63) is 68.2 Å². The van der Waals surface area contributed by atoms with Gasteiger partial charge in [0.25, 0.3) is 5.56 Å². The number of aromatic hydroxyl groups is 1. The topological polar surface area (TPSA) is 90.2 Å². The van der Waals surface area contributed by atoms with Gasteiger partial charge in [-0.2, -0.15) is 0 Å². The monoisotopic (exact) mass is 440 g/mol. The lowest BCUT2D eigenvalue weighted by Gasteiger charge is -2.33. The summed E-state index contributed by atoms with van der Waals surface area (Å²) in [6.45, 7) is 0.882. The average Bonchev–Trinajstić information content (AvgIpc) is 3.22. The Bertz CT molecular complexity index is 1290. The molecule has 0 saturated carbocycles. The van der Waals surface area contributed by atoms with Crippen LogP contribution in [0.1, 0.15) is 22.7 Å². The van der Waals surface area contributed by atoms with E-state index in [1.54, 1.807) is 7.11 Å². The van der Waals surface area contributed by atoms with Crippen molar-refractivity contribution in [2.24, 2.45) is 0 Å². The lowest BCUT2D eigenvalue weighted by molar-refractivity contribution is -0.908. The fraction of sp³-hybridized carbons (Fsp3) is 0.273. The van der Waals surface area contributed by atoms with Crippen LogP contribution in [0.2, 0.25) is 0 Å². The van der Waals surface area contributed by atoms with Gasteiger partial charge in [-0.25, -0.2) is 0 Å². The molecule has 8 nitrogen and oxygen atoms in total. The number of rotatable bonds is 3. The van der Waals surface area contributed by atoms with Crippen LogP contribution in [0.4, 0.5) is 0 Å². The molecule has 5 rings (SSSR count). The smallest absolute Gasteiger partial charge is 0.265 e. The van der Waals surface area contributed by atoms with Crippen LogP contribution in [-0.2, 0) is 6.42 Å². The van der Waals surface area contributed by atoms with Crippen molar-refractivity contribution in [1.29, 1.82) is 0 Å². The molecule has 0 fully saturated rings. The Hall–Kier alpha value is -3.30. The number of methoxy groups -OCH3 is 1. The number of benzene rings is 2. The largest absolute Gasteiger partial charge is 0.494 e. The molecular formula is C22H22N3O5S+. The third-order valence-electron chi connectivity index (χ3n) is 5.94. The number of quaternary nitrogens is 1. The molecule has 2 atom stereocenters. The molecule has 9 heteroatoms. The van der Waals surface area contributed by atoms with Gasteiger partial charge in [-0.3, -0.25) is 14.3 Å². The predicted octanol–water partition coefficient (Wildman–Crippen LogP) is 1.50. The summed E-state index contributed by atoms with van der Waals surface area (Å²) in [6, 6.07) is 10.7. The second kappa shape index (κ2) is 7.44. The molecule has 0 spiro atoms. The van der Waals surface area contributed by atoms with E-state index < -0.39 is 11.6 Å².